The second-order valence-electron chi connectivity index (χ2n) is 9.51. The first-order chi connectivity index (χ1) is 16.4. The first-order valence-electron chi connectivity index (χ1n) is 12.0. The van der Waals surface area contributed by atoms with Gasteiger partial charge in [-0.15, -0.1) is 0 Å². The molecule has 176 valence electrons. The maximum Gasteiger partial charge on any atom is 0.223 e. The number of aromatic amines is 1. The molecule has 0 saturated heterocycles. The van der Waals surface area contributed by atoms with Crippen molar-refractivity contribution in [3.63, 3.8) is 0 Å². The molecule has 4 nitrogen and oxygen atoms in total. The second-order valence-corrected chi connectivity index (χ2v) is 9.51. The van der Waals surface area contributed by atoms with E-state index in [0.29, 0.717) is 19.5 Å². The maximum absolute atomic E-state index is 13.9. The molecule has 1 N–H and O–H groups in total. The summed E-state index contributed by atoms with van der Waals surface area (Å²) in [4.78, 5) is 21.4. The number of carbonyl (C=O) groups is 1. The number of hydrogen-bond acceptors (Lipinski definition) is 2. The molecular formula is C30H35N3O. The van der Waals surface area contributed by atoms with Crippen LogP contribution >= 0.6 is 0 Å². The number of H-pyrrole nitrogens is 1. The van der Waals surface area contributed by atoms with Crippen LogP contribution in [0.2, 0.25) is 0 Å². The van der Waals surface area contributed by atoms with Crippen LogP contribution in [-0.4, -0.2) is 47.9 Å². The van der Waals surface area contributed by atoms with Gasteiger partial charge >= 0.3 is 0 Å². The highest BCUT2D eigenvalue weighted by Crippen LogP contribution is 2.36. The quantitative estimate of drug-likeness (QED) is 0.343. The minimum atomic E-state index is -0.0121. The normalized spacial score (nSPS) is 12.3. The average molecular weight is 454 g/mol. The molecule has 0 spiro atoms. The third kappa shape index (κ3) is 5.57. The van der Waals surface area contributed by atoms with Gasteiger partial charge in [-0.2, -0.15) is 0 Å². The van der Waals surface area contributed by atoms with Crippen LogP contribution in [0.1, 0.15) is 40.2 Å². The number of amides is 1. The highest BCUT2D eigenvalue weighted by molar-refractivity contribution is 5.86. The van der Waals surface area contributed by atoms with E-state index in [1.807, 2.05) is 29.2 Å². The van der Waals surface area contributed by atoms with Crippen molar-refractivity contribution < 1.29 is 4.79 Å². The Balaban J connectivity index is 1.69. The molecule has 0 fully saturated rings. The van der Waals surface area contributed by atoms with Crippen molar-refractivity contribution in [1.29, 1.82) is 0 Å². The zero-order valence-electron chi connectivity index (χ0n) is 20.7. The topological polar surface area (TPSA) is 39.3 Å². The van der Waals surface area contributed by atoms with E-state index in [0.717, 1.165) is 17.6 Å². The monoisotopic (exact) mass is 453 g/mol. The van der Waals surface area contributed by atoms with Gasteiger partial charge in [-0.1, -0.05) is 72.3 Å². The number of likely N-dealkylation sites (N-methyl/N-ethyl adjacent to an activating group) is 1. The van der Waals surface area contributed by atoms with Crippen molar-refractivity contribution in [1.82, 2.24) is 14.8 Å². The Labute approximate surface area is 203 Å². The number of para-hydroxylation sites is 1. The minimum absolute atomic E-state index is 0.0121. The largest absolute Gasteiger partial charge is 0.361 e. The van der Waals surface area contributed by atoms with Crippen molar-refractivity contribution in [3.8, 4) is 0 Å². The summed E-state index contributed by atoms with van der Waals surface area (Å²) in [5, 5.41) is 1.18. The van der Waals surface area contributed by atoms with Crippen LogP contribution in [0.15, 0.2) is 79.0 Å². The molecule has 1 atom stereocenters. The van der Waals surface area contributed by atoms with Gasteiger partial charge in [-0.05, 0) is 56.3 Å². The molecule has 4 rings (SSSR count). The Bertz CT molecular complexity index is 1240. The number of benzene rings is 3. The van der Waals surface area contributed by atoms with Gasteiger partial charge in [-0.25, -0.2) is 0 Å². The van der Waals surface area contributed by atoms with E-state index in [1.54, 1.807) is 0 Å². The van der Waals surface area contributed by atoms with E-state index in [-0.39, 0.29) is 11.8 Å². The van der Waals surface area contributed by atoms with Gasteiger partial charge in [-0.3, -0.25) is 4.79 Å². The third-order valence-electron chi connectivity index (χ3n) is 6.56. The van der Waals surface area contributed by atoms with Gasteiger partial charge in [0.15, 0.2) is 0 Å². The molecule has 1 aromatic heterocycles. The van der Waals surface area contributed by atoms with Crippen LogP contribution in [0.3, 0.4) is 0 Å². The summed E-state index contributed by atoms with van der Waals surface area (Å²) in [5.74, 6) is 0.169. The smallest absolute Gasteiger partial charge is 0.223 e. The molecule has 0 radical (unpaired) electrons. The zero-order chi connectivity index (χ0) is 24.1. The molecule has 4 aromatic rings. The summed E-state index contributed by atoms with van der Waals surface area (Å²) in [6.45, 7) is 6.43. The summed E-state index contributed by atoms with van der Waals surface area (Å²) in [5.41, 5.74) is 7.13. The predicted octanol–water partition coefficient (Wildman–Crippen LogP) is 5.90. The van der Waals surface area contributed by atoms with Crippen LogP contribution < -0.4 is 0 Å². The third-order valence-corrected chi connectivity index (χ3v) is 6.56. The number of nitrogens with zero attached hydrogens (tertiary/aromatic N) is 2. The van der Waals surface area contributed by atoms with Gasteiger partial charge in [0.2, 0.25) is 5.91 Å². The van der Waals surface area contributed by atoms with Crippen molar-refractivity contribution >= 4 is 16.8 Å². The van der Waals surface area contributed by atoms with Gasteiger partial charge in [0, 0.05) is 49.1 Å². The SMILES string of the molecule is Cc1ccc([C@@H](CC(=O)N(CCN(C)C)Cc2ccccc2)c2c[nH]c3ccccc23)c(C)c1. The van der Waals surface area contributed by atoms with Crippen molar-refractivity contribution in [2.75, 3.05) is 27.2 Å². The van der Waals surface area contributed by atoms with E-state index >= 15 is 0 Å². The maximum atomic E-state index is 13.9. The lowest BCUT2D eigenvalue weighted by Gasteiger charge is -2.27. The van der Waals surface area contributed by atoms with Gasteiger partial charge < -0.3 is 14.8 Å². The van der Waals surface area contributed by atoms with E-state index in [9.17, 15) is 4.79 Å². The minimum Gasteiger partial charge on any atom is -0.361 e. The Morgan fingerprint density at radius 2 is 1.62 bits per heavy atom. The molecule has 0 aliphatic heterocycles. The summed E-state index contributed by atoms with van der Waals surface area (Å²) < 4.78 is 0. The molecule has 1 heterocycles. The summed E-state index contributed by atoms with van der Waals surface area (Å²) in [6.07, 6.45) is 2.52. The molecule has 4 heteroatoms. The number of hydrogen-bond donors (Lipinski definition) is 1. The van der Waals surface area contributed by atoms with Gasteiger partial charge in [0.25, 0.3) is 0 Å². The molecule has 3 aromatic carbocycles. The molecule has 0 saturated carbocycles. The van der Waals surface area contributed by atoms with Crippen LogP contribution in [-0.2, 0) is 11.3 Å². The second kappa shape index (κ2) is 10.7. The van der Waals surface area contributed by atoms with E-state index in [2.05, 4.69) is 92.6 Å². The molecule has 34 heavy (non-hydrogen) atoms. The standard InChI is InChI=1S/C30H35N3O/c1-22-14-15-25(23(2)18-22)27(28-20-31-29-13-9-8-12-26(28)29)19-30(34)33(17-16-32(3)4)21-24-10-6-5-7-11-24/h5-15,18,20,27,31H,16-17,19,21H2,1-4H3/t27-/m1/s1. The number of nitrogens with one attached hydrogen (secondary N) is 1. The number of fused-ring (bicyclic) bond motifs is 1. The molecule has 0 unspecified atom stereocenters. The Hall–Kier alpha value is -3.37. The Kier molecular flexibility index (Phi) is 7.49. The first-order valence-corrected chi connectivity index (χ1v) is 12.0. The Morgan fingerprint density at radius 1 is 0.882 bits per heavy atom. The number of rotatable bonds is 9. The van der Waals surface area contributed by atoms with Gasteiger partial charge in [0.05, 0.1) is 0 Å². The molecular weight excluding hydrogens is 418 g/mol. The summed E-state index contributed by atoms with van der Waals surface area (Å²) in [6, 6.07) is 25.2. The highest BCUT2D eigenvalue weighted by Gasteiger charge is 2.25. The fraction of sp³-hybridized carbons (Fsp3) is 0.300. The predicted molar refractivity (Wildman–Crippen MR) is 141 cm³/mol. The van der Waals surface area contributed by atoms with Crippen LogP contribution in [0.25, 0.3) is 10.9 Å². The van der Waals surface area contributed by atoms with E-state index in [1.165, 1.54) is 27.6 Å². The summed E-state index contributed by atoms with van der Waals surface area (Å²) in [7, 11) is 4.10. The van der Waals surface area contributed by atoms with Crippen molar-refractivity contribution in [2.24, 2.45) is 0 Å². The zero-order valence-corrected chi connectivity index (χ0v) is 20.7. The van der Waals surface area contributed by atoms with E-state index in [4.69, 9.17) is 0 Å². The van der Waals surface area contributed by atoms with Crippen molar-refractivity contribution in [3.05, 3.63) is 107 Å². The van der Waals surface area contributed by atoms with Crippen LogP contribution in [0, 0.1) is 13.8 Å². The lowest BCUT2D eigenvalue weighted by Crippen LogP contribution is -2.37. The highest BCUT2D eigenvalue weighted by atomic mass is 16.2. The number of aryl methyl sites for hydroxylation is 2. The molecule has 1 amide bonds. The fourth-order valence-electron chi connectivity index (χ4n) is 4.71. The van der Waals surface area contributed by atoms with E-state index < -0.39 is 0 Å². The average Bonchev–Trinajstić information content (AvgIpc) is 3.25. The van der Waals surface area contributed by atoms with Crippen LogP contribution in [0.4, 0.5) is 0 Å². The molecule has 0 bridgehead atoms. The fourth-order valence-corrected chi connectivity index (χ4v) is 4.71. The molecule has 0 aliphatic carbocycles. The van der Waals surface area contributed by atoms with Crippen molar-refractivity contribution in [2.45, 2.75) is 32.7 Å². The Morgan fingerprint density at radius 3 is 2.35 bits per heavy atom. The van der Waals surface area contributed by atoms with Gasteiger partial charge in [0.1, 0.15) is 0 Å². The van der Waals surface area contributed by atoms with Crippen LogP contribution in [0.5, 0.6) is 0 Å². The summed E-state index contributed by atoms with van der Waals surface area (Å²) >= 11 is 0. The number of aromatic nitrogens is 1. The lowest BCUT2D eigenvalue weighted by atomic mass is 9.85. The lowest BCUT2D eigenvalue weighted by molar-refractivity contribution is -0.132. The number of carbonyl (C=O) groups excluding carboxylic acids is 1. The molecule has 0 aliphatic rings. The first kappa shape index (κ1) is 23.8.